The van der Waals surface area contributed by atoms with Crippen molar-refractivity contribution in [2.24, 2.45) is 0 Å². The zero-order valence-corrected chi connectivity index (χ0v) is 18.9. The van der Waals surface area contributed by atoms with E-state index >= 15 is 0 Å². The molecule has 0 aliphatic heterocycles. The van der Waals surface area contributed by atoms with Crippen molar-refractivity contribution >= 4 is 24.1 Å². The van der Waals surface area contributed by atoms with Crippen molar-refractivity contribution < 1.29 is 4.21 Å². The molecule has 1 unspecified atom stereocenters. The molecule has 0 heterocycles. The van der Waals surface area contributed by atoms with E-state index in [0.717, 1.165) is 25.7 Å². The van der Waals surface area contributed by atoms with Gasteiger partial charge in [0.2, 0.25) is 0 Å². The van der Waals surface area contributed by atoms with Crippen LogP contribution in [0.3, 0.4) is 0 Å². The Morgan fingerprint density at radius 3 is 1.69 bits per heavy atom. The van der Waals surface area contributed by atoms with E-state index < -0.39 is 18.9 Å². The lowest BCUT2D eigenvalue weighted by Gasteiger charge is -2.30. The molecule has 0 saturated heterocycles. The predicted octanol–water partition coefficient (Wildman–Crippen LogP) is 5.02. The van der Waals surface area contributed by atoms with E-state index in [2.05, 4.69) is 76.8 Å². The third-order valence-electron chi connectivity index (χ3n) is 5.21. The molecule has 2 aromatic carbocycles. The van der Waals surface area contributed by atoms with Gasteiger partial charge in [0.1, 0.15) is 0 Å². The summed E-state index contributed by atoms with van der Waals surface area (Å²) in [6.07, 6.45) is 4.07. The van der Waals surface area contributed by atoms with Crippen molar-refractivity contribution in [1.82, 2.24) is 0 Å². The summed E-state index contributed by atoms with van der Waals surface area (Å²) in [5.74, 6) is 0. The molecular weight excluding hydrogens is 352 g/mol. The molecule has 4 aliphatic carbocycles. The lowest BCUT2D eigenvalue weighted by atomic mass is 9.96. The van der Waals surface area contributed by atoms with Crippen molar-refractivity contribution in [2.75, 3.05) is 0 Å². The summed E-state index contributed by atoms with van der Waals surface area (Å²) in [5.41, 5.74) is 5.49. The van der Waals surface area contributed by atoms with Crippen LogP contribution in [-0.2, 0) is 36.5 Å². The Hall–Kier alpha value is -1.19. The van der Waals surface area contributed by atoms with Gasteiger partial charge in [0.25, 0.3) is 0 Å². The highest BCUT2D eigenvalue weighted by Gasteiger charge is 2.32. The molecule has 0 fully saturated rings. The Kier molecular flexibility index (Phi) is 5.33. The first kappa shape index (κ1) is 19.6. The van der Waals surface area contributed by atoms with Crippen LogP contribution in [0.5, 0.6) is 0 Å². The molecule has 4 bridgehead atoms. The molecule has 0 aromatic heterocycles. The number of hydrogen-bond acceptors (Lipinski definition) is 1. The van der Waals surface area contributed by atoms with Crippen LogP contribution in [0.4, 0.5) is 0 Å². The smallest absolute Gasteiger partial charge is 0.0795 e. The van der Waals surface area contributed by atoms with Gasteiger partial charge in [-0.2, -0.15) is 0 Å². The van der Waals surface area contributed by atoms with Gasteiger partial charge in [-0.05, 0) is 73.9 Å². The van der Waals surface area contributed by atoms with E-state index in [0.29, 0.717) is 0 Å². The summed E-state index contributed by atoms with van der Waals surface area (Å²) in [5, 5.41) is 1.46. The van der Waals surface area contributed by atoms with Crippen LogP contribution in [0, 0.1) is 0 Å². The maximum Gasteiger partial charge on any atom is 0.0795 e. The first-order chi connectivity index (χ1) is 12.1. The number of benzene rings is 2. The minimum atomic E-state index is -1.63. The minimum Gasteiger partial charge on any atom is -0.254 e. The summed E-state index contributed by atoms with van der Waals surface area (Å²) in [4.78, 5) is 1.17. The molecule has 1 nitrogen and oxygen atoms in total. The van der Waals surface area contributed by atoms with E-state index in [4.69, 9.17) is 0 Å². The molecule has 6 rings (SSSR count). The lowest BCUT2D eigenvalue weighted by Crippen LogP contribution is -2.45. The van der Waals surface area contributed by atoms with E-state index in [9.17, 15) is 4.21 Å². The third kappa shape index (κ3) is 4.04. The Morgan fingerprint density at radius 1 is 0.769 bits per heavy atom. The molecular formula is C23H32OSSi. The number of rotatable bonds is 2. The first-order valence-electron chi connectivity index (χ1n) is 9.72. The average Bonchev–Trinajstić information content (AvgIpc) is 2.54. The van der Waals surface area contributed by atoms with Crippen molar-refractivity contribution in [3.8, 4) is 0 Å². The molecule has 4 aliphatic rings. The summed E-state index contributed by atoms with van der Waals surface area (Å²) in [6, 6.07) is 13.7. The highest BCUT2D eigenvalue weighted by atomic mass is 32.2. The molecule has 0 radical (unpaired) electrons. The lowest BCUT2D eigenvalue weighted by molar-refractivity contribution is 0.648. The quantitative estimate of drug-likeness (QED) is 0.664. The molecule has 3 heteroatoms. The van der Waals surface area contributed by atoms with Crippen LogP contribution < -0.4 is 5.19 Å². The Balaban J connectivity index is 2.23. The summed E-state index contributed by atoms with van der Waals surface area (Å²) in [7, 11) is -2.62. The molecule has 2 aromatic rings. The van der Waals surface area contributed by atoms with Gasteiger partial charge >= 0.3 is 0 Å². The fourth-order valence-electron chi connectivity index (χ4n) is 3.84. The SMILES string of the molecule is CC(C)(C)S(=O)c1c2ccc(c1[Si](C)(C)C)CCc1ccc(cc1)CC2. The minimum absolute atomic E-state index is 0.237. The standard InChI is InChI=1S/C23H32OSSi/c1-23(2,3)25(24)21-19-13-11-17-7-9-18(10-8-17)12-14-20(16-15-19)22(21)26(4,5)6/h7-10,15-16H,11-14H2,1-6H3. The van der Waals surface area contributed by atoms with Crippen LogP contribution in [0.2, 0.25) is 19.6 Å². The van der Waals surface area contributed by atoms with Crippen molar-refractivity contribution in [2.45, 2.75) is 75.7 Å². The normalized spacial score (nSPS) is 16.2. The molecule has 0 saturated carbocycles. The maximum absolute atomic E-state index is 13.6. The van der Waals surface area contributed by atoms with Crippen molar-refractivity contribution in [3.63, 3.8) is 0 Å². The van der Waals surface area contributed by atoms with Gasteiger partial charge in [0.15, 0.2) is 0 Å². The molecule has 1 atom stereocenters. The predicted molar refractivity (Wildman–Crippen MR) is 117 cm³/mol. The van der Waals surface area contributed by atoms with Crippen LogP contribution in [-0.4, -0.2) is 17.0 Å². The van der Waals surface area contributed by atoms with Crippen molar-refractivity contribution in [3.05, 3.63) is 58.7 Å². The number of hydrogen-bond donors (Lipinski definition) is 0. The van der Waals surface area contributed by atoms with E-state index in [1.807, 2.05) is 0 Å². The van der Waals surface area contributed by atoms with Gasteiger partial charge in [-0.1, -0.05) is 56.0 Å². The van der Waals surface area contributed by atoms with E-state index in [-0.39, 0.29) is 4.75 Å². The fraction of sp³-hybridized carbons (Fsp3) is 0.478. The van der Waals surface area contributed by atoms with Gasteiger partial charge in [0.05, 0.1) is 18.9 Å². The highest BCUT2D eigenvalue weighted by Crippen LogP contribution is 2.28. The zero-order chi connectivity index (χ0) is 19.1. The monoisotopic (exact) mass is 384 g/mol. The second-order valence-electron chi connectivity index (χ2n) is 9.54. The number of aryl methyl sites for hydroxylation is 4. The van der Waals surface area contributed by atoms with Gasteiger partial charge < -0.3 is 0 Å². The molecule has 0 N–H and O–H groups in total. The van der Waals surface area contributed by atoms with Gasteiger partial charge in [0, 0.05) is 9.64 Å². The first-order valence-corrected chi connectivity index (χ1v) is 14.4. The Morgan fingerprint density at radius 2 is 1.23 bits per heavy atom. The van der Waals surface area contributed by atoms with Gasteiger partial charge in [-0.15, -0.1) is 0 Å². The Labute approximate surface area is 162 Å². The highest BCUT2D eigenvalue weighted by molar-refractivity contribution is 7.86. The summed E-state index contributed by atoms with van der Waals surface area (Å²) in [6.45, 7) is 13.5. The van der Waals surface area contributed by atoms with Gasteiger partial charge in [-0.25, -0.2) is 0 Å². The fourth-order valence-corrected chi connectivity index (χ4v) is 8.39. The van der Waals surface area contributed by atoms with Crippen LogP contribution in [0.1, 0.15) is 43.0 Å². The molecule has 0 spiro atoms. The summed E-state index contributed by atoms with van der Waals surface area (Å²) < 4.78 is 13.4. The van der Waals surface area contributed by atoms with Crippen LogP contribution >= 0.6 is 0 Å². The largest absolute Gasteiger partial charge is 0.254 e. The van der Waals surface area contributed by atoms with Crippen molar-refractivity contribution in [1.29, 1.82) is 0 Å². The van der Waals surface area contributed by atoms with Crippen LogP contribution in [0.25, 0.3) is 0 Å². The second-order valence-corrected chi connectivity index (χ2v) is 16.7. The van der Waals surface area contributed by atoms with E-state index in [1.165, 1.54) is 32.3 Å². The topological polar surface area (TPSA) is 17.1 Å². The average molecular weight is 385 g/mol. The van der Waals surface area contributed by atoms with Gasteiger partial charge in [-0.3, -0.25) is 4.21 Å². The van der Waals surface area contributed by atoms with Crippen LogP contribution in [0.15, 0.2) is 41.3 Å². The zero-order valence-electron chi connectivity index (χ0n) is 17.1. The third-order valence-corrected chi connectivity index (χ3v) is 9.41. The second kappa shape index (κ2) is 7.08. The Bertz CT molecular complexity index is 823. The summed E-state index contributed by atoms with van der Waals surface area (Å²) >= 11 is 0. The molecule has 26 heavy (non-hydrogen) atoms. The molecule has 140 valence electrons. The maximum atomic E-state index is 13.6. The van der Waals surface area contributed by atoms with E-state index in [1.54, 1.807) is 0 Å². The molecule has 0 amide bonds.